The molecule has 0 heterocycles. The van der Waals surface area contributed by atoms with E-state index in [0.717, 1.165) is 4.47 Å². The van der Waals surface area contributed by atoms with Gasteiger partial charge in [0, 0.05) is 7.05 Å². The van der Waals surface area contributed by atoms with Crippen LogP contribution < -0.4 is 0 Å². The van der Waals surface area contributed by atoms with E-state index in [9.17, 15) is 8.42 Å². The summed E-state index contributed by atoms with van der Waals surface area (Å²) in [6.45, 7) is 3.55. The molecule has 1 rings (SSSR count). The van der Waals surface area contributed by atoms with Gasteiger partial charge in [0.15, 0.2) is 0 Å². The van der Waals surface area contributed by atoms with Crippen LogP contribution in [0, 0.1) is 0 Å². The zero-order valence-electron chi connectivity index (χ0n) is 9.04. The number of rotatable bonds is 4. The Morgan fingerprint density at radius 3 is 2.20 bits per heavy atom. The molecule has 0 aliphatic carbocycles. The number of hydrogen-bond donors (Lipinski definition) is 0. The molecule has 0 aliphatic heterocycles. The Hall–Kier alpha value is -0.910. The fourth-order valence-corrected chi connectivity index (χ4v) is 2.18. The minimum absolute atomic E-state index is 0.173. The summed E-state index contributed by atoms with van der Waals surface area (Å²) >= 11 is 0. The van der Waals surface area contributed by atoms with E-state index in [2.05, 4.69) is 0 Å². The van der Waals surface area contributed by atoms with E-state index in [1.54, 1.807) is 32.0 Å². The highest BCUT2D eigenvalue weighted by Gasteiger charge is 2.21. The minimum Gasteiger partial charge on any atom is -0.282 e. The van der Waals surface area contributed by atoms with Crippen molar-refractivity contribution in [1.82, 2.24) is 4.47 Å². The van der Waals surface area contributed by atoms with Crippen molar-refractivity contribution in [3.8, 4) is 0 Å². The highest BCUT2D eigenvalue weighted by molar-refractivity contribution is 7.89. The van der Waals surface area contributed by atoms with Crippen molar-refractivity contribution < 1.29 is 13.3 Å². The van der Waals surface area contributed by atoms with Gasteiger partial charge >= 0.3 is 0 Å². The molecule has 1 aromatic carbocycles. The van der Waals surface area contributed by atoms with Crippen molar-refractivity contribution in [2.24, 2.45) is 0 Å². The summed E-state index contributed by atoms with van der Waals surface area (Å²) in [6, 6.07) is 8.19. The highest BCUT2D eigenvalue weighted by Crippen LogP contribution is 2.14. The van der Waals surface area contributed by atoms with Crippen LogP contribution >= 0.6 is 0 Å². The van der Waals surface area contributed by atoms with Crippen LogP contribution in [-0.4, -0.2) is 26.0 Å². The van der Waals surface area contributed by atoms with Crippen molar-refractivity contribution in [1.29, 1.82) is 0 Å². The first-order chi connectivity index (χ1) is 6.94. The third-order valence-corrected chi connectivity index (χ3v) is 3.37. The normalized spacial score (nSPS) is 12.3. The summed E-state index contributed by atoms with van der Waals surface area (Å²) in [6.07, 6.45) is -0.173. The van der Waals surface area contributed by atoms with Crippen LogP contribution in [0.3, 0.4) is 0 Å². The Morgan fingerprint density at radius 2 is 1.73 bits per heavy atom. The lowest BCUT2D eigenvalue weighted by molar-refractivity contribution is -0.102. The Balaban J connectivity index is 2.94. The average Bonchev–Trinajstić information content (AvgIpc) is 2.18. The summed E-state index contributed by atoms with van der Waals surface area (Å²) in [5.74, 6) is 0. The molecule has 0 aromatic heterocycles. The quantitative estimate of drug-likeness (QED) is 0.737. The predicted molar refractivity (Wildman–Crippen MR) is 57.6 cm³/mol. The van der Waals surface area contributed by atoms with Gasteiger partial charge in [-0.15, -0.1) is 0 Å². The van der Waals surface area contributed by atoms with E-state index in [0.29, 0.717) is 0 Å². The molecule has 0 unspecified atom stereocenters. The van der Waals surface area contributed by atoms with E-state index < -0.39 is 10.0 Å². The number of hydroxylamine groups is 1. The number of sulfonamides is 1. The lowest BCUT2D eigenvalue weighted by Crippen LogP contribution is -2.29. The fraction of sp³-hybridized carbons (Fsp3) is 0.400. The third kappa shape index (κ3) is 3.02. The van der Waals surface area contributed by atoms with Crippen LogP contribution in [0.1, 0.15) is 13.8 Å². The average molecular weight is 229 g/mol. The van der Waals surface area contributed by atoms with Gasteiger partial charge in [-0.25, -0.2) is 8.42 Å². The molecule has 0 N–H and O–H groups in total. The van der Waals surface area contributed by atoms with Crippen LogP contribution in [0.15, 0.2) is 35.2 Å². The molecule has 0 spiro atoms. The summed E-state index contributed by atoms with van der Waals surface area (Å²) < 4.78 is 24.6. The van der Waals surface area contributed by atoms with E-state index in [1.165, 1.54) is 19.2 Å². The fourth-order valence-electron chi connectivity index (χ4n) is 1.09. The smallest absolute Gasteiger partial charge is 0.264 e. The van der Waals surface area contributed by atoms with Gasteiger partial charge in [0.1, 0.15) is 0 Å². The van der Waals surface area contributed by atoms with E-state index in [4.69, 9.17) is 4.84 Å². The first-order valence-electron chi connectivity index (χ1n) is 4.65. The highest BCUT2D eigenvalue weighted by atomic mass is 32.2. The SMILES string of the molecule is CC(C)ON(C)S(=O)(=O)c1ccccc1. The van der Waals surface area contributed by atoms with Gasteiger partial charge in [0.25, 0.3) is 10.0 Å². The van der Waals surface area contributed by atoms with Crippen molar-refractivity contribution in [2.75, 3.05) is 7.05 Å². The largest absolute Gasteiger partial charge is 0.282 e. The number of nitrogens with zero attached hydrogens (tertiary/aromatic N) is 1. The Kier molecular flexibility index (Phi) is 3.84. The van der Waals surface area contributed by atoms with Crippen molar-refractivity contribution >= 4 is 10.0 Å². The van der Waals surface area contributed by atoms with Crippen molar-refractivity contribution in [3.63, 3.8) is 0 Å². The maximum Gasteiger partial charge on any atom is 0.264 e. The molecule has 0 saturated carbocycles. The van der Waals surface area contributed by atoms with E-state index in [1.807, 2.05) is 0 Å². The molecule has 0 atom stereocenters. The van der Waals surface area contributed by atoms with Gasteiger partial charge in [0.2, 0.25) is 0 Å². The standard InChI is InChI=1S/C10H15NO3S/c1-9(2)14-11(3)15(12,13)10-7-5-4-6-8-10/h4-9H,1-3H3. The Morgan fingerprint density at radius 1 is 1.20 bits per heavy atom. The molecular formula is C10H15NO3S. The van der Waals surface area contributed by atoms with Gasteiger partial charge in [-0.1, -0.05) is 22.7 Å². The molecule has 0 radical (unpaired) electrons. The summed E-state index contributed by atoms with van der Waals surface area (Å²) in [4.78, 5) is 5.34. The molecule has 1 aromatic rings. The van der Waals surface area contributed by atoms with Gasteiger partial charge in [-0.3, -0.25) is 4.84 Å². The maximum atomic E-state index is 11.9. The predicted octanol–water partition coefficient (Wildman–Crippen LogP) is 1.65. The molecule has 0 fully saturated rings. The Bertz CT molecular complexity index is 400. The lowest BCUT2D eigenvalue weighted by Gasteiger charge is -2.18. The molecule has 84 valence electrons. The van der Waals surface area contributed by atoms with Gasteiger partial charge in [0.05, 0.1) is 11.0 Å². The van der Waals surface area contributed by atoms with Crippen LogP contribution in [0.4, 0.5) is 0 Å². The van der Waals surface area contributed by atoms with Gasteiger partial charge in [-0.2, -0.15) is 0 Å². The second-order valence-corrected chi connectivity index (χ2v) is 5.32. The van der Waals surface area contributed by atoms with Gasteiger partial charge < -0.3 is 0 Å². The first kappa shape index (κ1) is 12.2. The van der Waals surface area contributed by atoms with Crippen molar-refractivity contribution in [2.45, 2.75) is 24.8 Å². The van der Waals surface area contributed by atoms with Crippen LogP contribution in [0.5, 0.6) is 0 Å². The molecule has 0 saturated heterocycles. The third-order valence-electron chi connectivity index (χ3n) is 1.74. The molecule has 15 heavy (non-hydrogen) atoms. The second-order valence-electron chi connectivity index (χ2n) is 3.38. The summed E-state index contributed by atoms with van der Waals surface area (Å²) in [5.41, 5.74) is 0. The second kappa shape index (κ2) is 4.74. The Labute approximate surface area is 90.5 Å². The molecular weight excluding hydrogens is 214 g/mol. The summed E-state index contributed by atoms with van der Waals surface area (Å²) in [5, 5.41) is 0. The monoisotopic (exact) mass is 229 g/mol. The molecule has 4 nitrogen and oxygen atoms in total. The van der Waals surface area contributed by atoms with Crippen LogP contribution in [-0.2, 0) is 14.9 Å². The van der Waals surface area contributed by atoms with E-state index >= 15 is 0 Å². The molecule has 0 aliphatic rings. The number of hydrogen-bond acceptors (Lipinski definition) is 3. The van der Waals surface area contributed by atoms with Crippen LogP contribution in [0.2, 0.25) is 0 Å². The minimum atomic E-state index is -3.52. The van der Waals surface area contributed by atoms with Crippen LogP contribution in [0.25, 0.3) is 0 Å². The topological polar surface area (TPSA) is 46.6 Å². The maximum absolute atomic E-state index is 11.9. The molecule has 0 bridgehead atoms. The first-order valence-corrected chi connectivity index (χ1v) is 6.09. The zero-order valence-corrected chi connectivity index (χ0v) is 9.86. The summed E-state index contributed by atoms with van der Waals surface area (Å²) in [7, 11) is -2.13. The lowest BCUT2D eigenvalue weighted by atomic mass is 10.4. The molecule has 5 heteroatoms. The number of benzene rings is 1. The van der Waals surface area contributed by atoms with Crippen molar-refractivity contribution in [3.05, 3.63) is 30.3 Å². The zero-order chi connectivity index (χ0) is 11.5. The van der Waals surface area contributed by atoms with E-state index in [-0.39, 0.29) is 11.0 Å². The molecule has 0 amide bonds. The van der Waals surface area contributed by atoms with Gasteiger partial charge in [-0.05, 0) is 26.0 Å².